The van der Waals surface area contributed by atoms with Crippen molar-refractivity contribution in [3.05, 3.63) is 45.4 Å². The van der Waals surface area contributed by atoms with Crippen molar-refractivity contribution in [2.45, 2.75) is 19.5 Å². The normalized spacial score (nSPS) is 14.2. The summed E-state index contributed by atoms with van der Waals surface area (Å²) < 4.78 is 27.3. The van der Waals surface area contributed by atoms with Crippen molar-refractivity contribution in [2.75, 3.05) is 11.9 Å². The van der Waals surface area contributed by atoms with Crippen LogP contribution < -0.4 is 10.6 Å². The van der Waals surface area contributed by atoms with Crippen molar-refractivity contribution >= 4 is 29.0 Å². The topological polar surface area (TPSA) is 98.1 Å². The predicted molar refractivity (Wildman–Crippen MR) is 89.2 cm³/mol. The maximum absolute atomic E-state index is 13.9. The molecule has 1 atom stereocenters. The molecule has 0 unspecified atom stereocenters. The first-order valence-electron chi connectivity index (χ1n) is 7.57. The zero-order chi connectivity index (χ0) is 18.8. The maximum Gasteiger partial charge on any atom is 0.322 e. The summed E-state index contributed by atoms with van der Waals surface area (Å²) in [6.45, 7) is 1.14. The zero-order valence-electron chi connectivity index (χ0n) is 13.5. The highest BCUT2D eigenvalue weighted by Gasteiger charge is 2.28. The van der Waals surface area contributed by atoms with E-state index in [1.54, 1.807) is 6.92 Å². The number of anilines is 1. The number of urea groups is 1. The molecule has 2 N–H and O–H groups in total. The van der Waals surface area contributed by atoms with E-state index in [-0.39, 0.29) is 24.3 Å². The lowest BCUT2D eigenvalue weighted by atomic mass is 10.1. The van der Waals surface area contributed by atoms with Crippen LogP contribution in [0.3, 0.4) is 0 Å². The van der Waals surface area contributed by atoms with Gasteiger partial charge in [-0.3, -0.25) is 4.79 Å². The van der Waals surface area contributed by atoms with Gasteiger partial charge in [0.05, 0.1) is 24.5 Å². The summed E-state index contributed by atoms with van der Waals surface area (Å²) in [6.07, 6.45) is 1.41. The fourth-order valence-corrected chi connectivity index (χ4v) is 3.23. The number of amides is 3. The summed E-state index contributed by atoms with van der Waals surface area (Å²) in [7, 11) is 0. The molecule has 2 heterocycles. The lowest BCUT2D eigenvalue weighted by Gasteiger charge is -2.29. The minimum Gasteiger partial charge on any atom is -0.346 e. The van der Waals surface area contributed by atoms with E-state index < -0.39 is 29.6 Å². The third kappa shape index (κ3) is 3.48. The number of nitrogens with zero attached hydrogens (tertiary/aromatic N) is 3. The number of thiazole rings is 1. The maximum atomic E-state index is 13.9. The molecule has 0 fully saturated rings. The largest absolute Gasteiger partial charge is 0.346 e. The van der Waals surface area contributed by atoms with Gasteiger partial charge in [-0.2, -0.15) is 5.26 Å². The number of benzene rings is 1. The summed E-state index contributed by atoms with van der Waals surface area (Å²) in [5, 5.41) is 14.5. The number of rotatable bonds is 4. The molecule has 3 rings (SSSR count). The Labute approximate surface area is 151 Å². The molecule has 0 radical (unpaired) electrons. The first-order valence-corrected chi connectivity index (χ1v) is 8.38. The van der Waals surface area contributed by atoms with E-state index in [2.05, 4.69) is 15.6 Å². The summed E-state index contributed by atoms with van der Waals surface area (Å²) in [5.74, 6) is -2.55. The Kier molecular flexibility index (Phi) is 4.81. The van der Waals surface area contributed by atoms with Crippen LogP contribution in [0.4, 0.5) is 19.3 Å². The lowest BCUT2D eigenvalue weighted by molar-refractivity contribution is -0.122. The van der Waals surface area contributed by atoms with Crippen molar-refractivity contribution in [3.63, 3.8) is 0 Å². The number of carbonyl (C=O) groups excluding carboxylic acids is 2. The van der Waals surface area contributed by atoms with Gasteiger partial charge in [0.1, 0.15) is 22.5 Å². The number of halogens is 2. The molecule has 10 heteroatoms. The van der Waals surface area contributed by atoms with Crippen molar-refractivity contribution in [1.29, 1.82) is 5.26 Å². The van der Waals surface area contributed by atoms with Gasteiger partial charge in [-0.15, -0.1) is 11.3 Å². The van der Waals surface area contributed by atoms with E-state index in [4.69, 9.17) is 5.26 Å². The molecule has 3 amide bonds. The third-order valence-electron chi connectivity index (χ3n) is 3.79. The Morgan fingerprint density at radius 1 is 1.54 bits per heavy atom. The molecular formula is C16H13F2N5O2S. The van der Waals surface area contributed by atoms with Crippen LogP contribution in [0.15, 0.2) is 18.3 Å². The van der Waals surface area contributed by atoms with Crippen LogP contribution in [-0.4, -0.2) is 28.4 Å². The minimum atomic E-state index is -1.05. The minimum absolute atomic E-state index is 0.0102. The molecule has 1 aliphatic heterocycles. The van der Waals surface area contributed by atoms with Crippen LogP contribution in [0.25, 0.3) is 0 Å². The van der Waals surface area contributed by atoms with E-state index in [0.29, 0.717) is 9.88 Å². The molecule has 134 valence electrons. The van der Waals surface area contributed by atoms with Gasteiger partial charge in [-0.05, 0) is 19.1 Å². The SMILES string of the molecule is C[C@@H](NC(=O)CN1Cc2c(ccc(F)c2F)NC1=O)c1ncc(C#N)s1. The van der Waals surface area contributed by atoms with Crippen molar-refractivity contribution < 1.29 is 18.4 Å². The molecule has 1 aliphatic rings. The lowest BCUT2D eigenvalue weighted by Crippen LogP contribution is -2.45. The summed E-state index contributed by atoms with van der Waals surface area (Å²) >= 11 is 1.15. The van der Waals surface area contributed by atoms with Gasteiger partial charge in [-0.25, -0.2) is 18.6 Å². The highest BCUT2D eigenvalue weighted by molar-refractivity contribution is 7.12. The van der Waals surface area contributed by atoms with Crippen LogP contribution >= 0.6 is 11.3 Å². The zero-order valence-corrected chi connectivity index (χ0v) is 14.4. The highest BCUT2D eigenvalue weighted by Crippen LogP contribution is 2.27. The van der Waals surface area contributed by atoms with Crippen LogP contribution in [-0.2, 0) is 11.3 Å². The number of hydrogen-bond donors (Lipinski definition) is 2. The van der Waals surface area contributed by atoms with Crippen molar-refractivity contribution in [1.82, 2.24) is 15.2 Å². The highest BCUT2D eigenvalue weighted by atomic mass is 32.1. The molecule has 1 aromatic heterocycles. The predicted octanol–water partition coefficient (Wildman–Crippen LogP) is 2.52. The Morgan fingerprint density at radius 3 is 3.00 bits per heavy atom. The van der Waals surface area contributed by atoms with Gasteiger partial charge in [0.15, 0.2) is 11.6 Å². The number of nitrogens with one attached hydrogen (secondary N) is 2. The average Bonchev–Trinajstić information content (AvgIpc) is 3.09. The Morgan fingerprint density at radius 2 is 2.31 bits per heavy atom. The van der Waals surface area contributed by atoms with Crippen molar-refractivity contribution in [3.8, 4) is 6.07 Å². The van der Waals surface area contributed by atoms with Gasteiger partial charge >= 0.3 is 6.03 Å². The second-order valence-electron chi connectivity index (χ2n) is 5.64. The van der Waals surface area contributed by atoms with Crippen LogP contribution in [0.1, 0.15) is 28.4 Å². The van der Waals surface area contributed by atoms with E-state index in [1.165, 1.54) is 12.3 Å². The smallest absolute Gasteiger partial charge is 0.322 e. The summed E-state index contributed by atoms with van der Waals surface area (Å²) in [5.41, 5.74) is 0.176. The van der Waals surface area contributed by atoms with Crippen molar-refractivity contribution in [2.24, 2.45) is 0 Å². The van der Waals surface area contributed by atoms with Crippen LogP contribution in [0.2, 0.25) is 0 Å². The van der Waals surface area contributed by atoms with E-state index in [0.717, 1.165) is 22.3 Å². The molecule has 0 saturated carbocycles. The Balaban J connectivity index is 1.66. The average molecular weight is 377 g/mol. The first-order chi connectivity index (χ1) is 12.4. The molecule has 1 aromatic carbocycles. The van der Waals surface area contributed by atoms with Gasteiger partial charge in [0, 0.05) is 5.56 Å². The Bertz CT molecular complexity index is 924. The fraction of sp³-hybridized carbons (Fsp3) is 0.250. The molecule has 0 spiro atoms. The van der Waals surface area contributed by atoms with Crippen LogP contribution in [0, 0.1) is 23.0 Å². The second-order valence-corrected chi connectivity index (χ2v) is 6.70. The van der Waals surface area contributed by atoms with Gasteiger partial charge < -0.3 is 15.5 Å². The second kappa shape index (κ2) is 7.05. The number of nitriles is 1. The molecule has 0 aliphatic carbocycles. The van der Waals surface area contributed by atoms with Gasteiger partial charge in [0.25, 0.3) is 0 Å². The standard InChI is InChI=1S/C16H13F2N5O2S/c1-8(15-20-5-9(4-19)26-15)21-13(24)7-23-6-10-12(22-16(23)25)3-2-11(17)14(10)18/h2-3,5,8H,6-7H2,1H3,(H,21,24)(H,22,25)/t8-/m1/s1. The number of aromatic nitrogens is 1. The molecule has 2 aromatic rings. The number of hydrogen-bond acceptors (Lipinski definition) is 5. The molecule has 0 saturated heterocycles. The van der Waals surface area contributed by atoms with E-state index >= 15 is 0 Å². The first kappa shape index (κ1) is 17.8. The number of fused-ring (bicyclic) bond motifs is 1. The fourth-order valence-electron chi connectivity index (χ4n) is 2.51. The van der Waals surface area contributed by atoms with E-state index in [1.807, 2.05) is 6.07 Å². The summed E-state index contributed by atoms with van der Waals surface area (Å²) in [4.78, 5) is 29.8. The van der Waals surface area contributed by atoms with E-state index in [9.17, 15) is 18.4 Å². The van der Waals surface area contributed by atoms with Crippen LogP contribution in [0.5, 0.6) is 0 Å². The summed E-state index contributed by atoms with van der Waals surface area (Å²) in [6, 6.07) is 3.14. The quantitative estimate of drug-likeness (QED) is 0.855. The molecule has 7 nitrogen and oxygen atoms in total. The number of carbonyl (C=O) groups is 2. The molecule has 0 bridgehead atoms. The Hall–Kier alpha value is -3.06. The molecule has 26 heavy (non-hydrogen) atoms. The monoisotopic (exact) mass is 377 g/mol. The third-order valence-corrected chi connectivity index (χ3v) is 4.87. The van der Waals surface area contributed by atoms with Gasteiger partial charge in [-0.1, -0.05) is 0 Å². The van der Waals surface area contributed by atoms with Gasteiger partial charge in [0.2, 0.25) is 5.91 Å². The molecular weight excluding hydrogens is 364 g/mol.